The van der Waals surface area contributed by atoms with Gasteiger partial charge in [-0.2, -0.15) is 8.78 Å². The highest BCUT2D eigenvalue weighted by Gasteiger charge is 2.35. The molecule has 0 aliphatic rings. The lowest BCUT2D eigenvalue weighted by atomic mass is 10.1. The number of aliphatic carboxylic acids is 1. The molecule has 1 rings (SSSR count). The highest BCUT2D eigenvalue weighted by atomic mass is 79.9. The normalized spacial score (nSPS) is 11.6. The fourth-order valence-electron chi connectivity index (χ4n) is 1.15. The van der Waals surface area contributed by atoms with Gasteiger partial charge in [-0.15, -0.1) is 0 Å². The molecule has 100 valence electrons. The lowest BCUT2D eigenvalue weighted by molar-refractivity contribution is -0.147. The molecule has 0 aliphatic carbocycles. The molecule has 0 aliphatic heterocycles. The first-order valence-electron chi connectivity index (χ1n) is 4.56. The van der Waals surface area contributed by atoms with Gasteiger partial charge >= 0.3 is 5.97 Å². The van der Waals surface area contributed by atoms with Crippen molar-refractivity contribution in [2.75, 3.05) is 13.2 Å². The van der Waals surface area contributed by atoms with Crippen molar-refractivity contribution >= 4 is 33.5 Å². The van der Waals surface area contributed by atoms with Crippen molar-refractivity contribution in [3.63, 3.8) is 0 Å². The van der Waals surface area contributed by atoms with Crippen LogP contribution in [0.3, 0.4) is 0 Å². The fraction of sp³-hybridized carbons (Fsp3) is 0.300. The number of rotatable bonds is 5. The van der Waals surface area contributed by atoms with Crippen LogP contribution in [-0.2, 0) is 15.5 Å². The molecule has 0 fully saturated rings. The predicted molar refractivity (Wildman–Crippen MR) is 61.5 cm³/mol. The Kier molecular flexibility index (Phi) is 5.01. The maximum absolute atomic E-state index is 13.5. The molecular weight excluding hydrogens is 340 g/mol. The topological polar surface area (TPSA) is 46.5 Å². The van der Waals surface area contributed by atoms with Crippen LogP contribution in [0.5, 0.6) is 0 Å². The van der Waals surface area contributed by atoms with Crippen molar-refractivity contribution in [3.8, 4) is 0 Å². The summed E-state index contributed by atoms with van der Waals surface area (Å²) in [5.74, 6) is -6.21. The van der Waals surface area contributed by atoms with E-state index in [1.165, 1.54) is 0 Å². The number of ether oxygens (including phenoxy) is 1. The predicted octanol–water partition coefficient (Wildman–Crippen LogP) is 3.43. The number of alkyl halides is 2. The monoisotopic (exact) mass is 346 g/mol. The van der Waals surface area contributed by atoms with Gasteiger partial charge in [-0.1, -0.05) is 11.6 Å². The summed E-state index contributed by atoms with van der Waals surface area (Å²) in [6, 6.07) is 1.58. The Morgan fingerprint density at radius 2 is 2.11 bits per heavy atom. The molecule has 1 aromatic rings. The van der Waals surface area contributed by atoms with E-state index >= 15 is 0 Å². The van der Waals surface area contributed by atoms with Crippen LogP contribution in [0.1, 0.15) is 5.56 Å². The second kappa shape index (κ2) is 5.90. The number of carboxylic acid groups (broad SMARTS) is 1. The van der Waals surface area contributed by atoms with Crippen LogP contribution in [-0.4, -0.2) is 24.3 Å². The average molecular weight is 348 g/mol. The van der Waals surface area contributed by atoms with E-state index in [-0.39, 0.29) is 9.50 Å². The smallest absolute Gasteiger partial charge is 0.329 e. The maximum atomic E-state index is 13.5. The number of carboxylic acids is 1. The van der Waals surface area contributed by atoms with Gasteiger partial charge in [0.15, 0.2) is 0 Å². The molecule has 0 saturated carbocycles. The molecule has 3 nitrogen and oxygen atoms in total. The van der Waals surface area contributed by atoms with Crippen LogP contribution in [0.2, 0.25) is 5.02 Å². The van der Waals surface area contributed by atoms with Crippen LogP contribution < -0.4 is 0 Å². The minimum absolute atomic E-state index is 0.0793. The van der Waals surface area contributed by atoms with Crippen molar-refractivity contribution in [2.45, 2.75) is 5.92 Å². The number of hydrogen-bond acceptors (Lipinski definition) is 2. The maximum Gasteiger partial charge on any atom is 0.329 e. The first-order chi connectivity index (χ1) is 8.24. The lowest BCUT2D eigenvalue weighted by Crippen LogP contribution is -2.24. The minimum Gasteiger partial charge on any atom is -0.480 e. The number of carbonyl (C=O) groups is 1. The summed E-state index contributed by atoms with van der Waals surface area (Å²) in [6.45, 7) is -2.13. The van der Waals surface area contributed by atoms with E-state index in [9.17, 15) is 18.0 Å². The lowest BCUT2D eigenvalue weighted by Gasteiger charge is -2.17. The van der Waals surface area contributed by atoms with Gasteiger partial charge in [0.1, 0.15) is 19.0 Å². The van der Waals surface area contributed by atoms with E-state index in [2.05, 4.69) is 20.7 Å². The van der Waals surface area contributed by atoms with Crippen LogP contribution in [0.4, 0.5) is 13.2 Å². The summed E-state index contributed by atoms with van der Waals surface area (Å²) in [5.41, 5.74) is -0.943. The zero-order chi connectivity index (χ0) is 13.9. The third-order valence-electron chi connectivity index (χ3n) is 1.91. The van der Waals surface area contributed by atoms with Crippen LogP contribution >= 0.6 is 27.5 Å². The van der Waals surface area contributed by atoms with Crippen molar-refractivity contribution in [2.24, 2.45) is 0 Å². The van der Waals surface area contributed by atoms with E-state index in [1.807, 2.05) is 0 Å². The molecule has 1 aromatic carbocycles. The third kappa shape index (κ3) is 3.86. The van der Waals surface area contributed by atoms with Gasteiger partial charge in [0.25, 0.3) is 5.92 Å². The first-order valence-corrected chi connectivity index (χ1v) is 5.73. The number of halogens is 5. The highest BCUT2D eigenvalue weighted by Crippen LogP contribution is 2.35. The molecular formula is C10H7BrClF3O3. The van der Waals surface area contributed by atoms with E-state index in [0.29, 0.717) is 0 Å². The molecule has 0 unspecified atom stereocenters. The standard InChI is InChI=1S/C10H7BrClF3O3/c11-6-2-8(13)5(1-7(6)12)10(14,15)4-18-3-9(16)17/h1-2H,3-4H2,(H,16,17). The van der Waals surface area contributed by atoms with Crippen molar-refractivity contribution in [3.05, 3.63) is 33.0 Å². The van der Waals surface area contributed by atoms with Crippen LogP contribution in [0, 0.1) is 5.82 Å². The summed E-state index contributed by atoms with van der Waals surface area (Å²) >= 11 is 8.49. The van der Waals surface area contributed by atoms with Gasteiger partial charge in [0.05, 0.1) is 10.6 Å². The summed E-state index contributed by atoms with van der Waals surface area (Å²) in [7, 11) is 0. The van der Waals surface area contributed by atoms with Gasteiger partial charge in [0, 0.05) is 4.47 Å². The number of benzene rings is 1. The molecule has 0 amide bonds. The van der Waals surface area contributed by atoms with Crippen molar-refractivity contribution in [1.29, 1.82) is 0 Å². The Balaban J connectivity index is 2.90. The molecule has 0 radical (unpaired) electrons. The van der Waals surface area contributed by atoms with Crippen molar-refractivity contribution in [1.82, 2.24) is 0 Å². The molecule has 0 spiro atoms. The highest BCUT2D eigenvalue weighted by molar-refractivity contribution is 9.10. The Hall–Kier alpha value is -0.790. The van der Waals surface area contributed by atoms with Gasteiger partial charge in [0.2, 0.25) is 0 Å². The van der Waals surface area contributed by atoms with Crippen LogP contribution in [0.25, 0.3) is 0 Å². The largest absolute Gasteiger partial charge is 0.480 e. The molecule has 18 heavy (non-hydrogen) atoms. The van der Waals surface area contributed by atoms with Crippen molar-refractivity contribution < 1.29 is 27.8 Å². The molecule has 1 N–H and O–H groups in total. The average Bonchev–Trinajstić information content (AvgIpc) is 2.22. The molecule has 8 heteroatoms. The Labute approximate surface area is 114 Å². The van der Waals surface area contributed by atoms with E-state index < -0.39 is 36.5 Å². The van der Waals surface area contributed by atoms with Gasteiger partial charge in [-0.05, 0) is 28.1 Å². The zero-order valence-electron chi connectivity index (χ0n) is 8.72. The SMILES string of the molecule is O=C(O)COCC(F)(F)c1cc(Cl)c(Br)cc1F. The Bertz CT molecular complexity index is 468. The fourth-order valence-corrected chi connectivity index (χ4v) is 1.63. The quantitative estimate of drug-likeness (QED) is 0.830. The van der Waals surface area contributed by atoms with Gasteiger partial charge in [-0.25, -0.2) is 9.18 Å². The number of hydrogen-bond donors (Lipinski definition) is 1. The molecule has 0 saturated heterocycles. The second-order valence-corrected chi connectivity index (χ2v) is 4.60. The van der Waals surface area contributed by atoms with Crippen LogP contribution in [0.15, 0.2) is 16.6 Å². The minimum atomic E-state index is -3.66. The molecule has 0 atom stereocenters. The first kappa shape index (κ1) is 15.3. The van der Waals surface area contributed by atoms with E-state index in [0.717, 1.165) is 12.1 Å². The summed E-state index contributed by atoms with van der Waals surface area (Å²) in [5, 5.41) is 8.17. The third-order valence-corrected chi connectivity index (χ3v) is 3.11. The van der Waals surface area contributed by atoms with E-state index in [1.54, 1.807) is 0 Å². The van der Waals surface area contributed by atoms with E-state index in [4.69, 9.17) is 16.7 Å². The molecule has 0 bridgehead atoms. The summed E-state index contributed by atoms with van der Waals surface area (Å²) in [4.78, 5) is 10.1. The second-order valence-electron chi connectivity index (χ2n) is 3.34. The summed E-state index contributed by atoms with van der Waals surface area (Å²) < 4.78 is 44.9. The Morgan fingerprint density at radius 3 is 2.67 bits per heavy atom. The summed E-state index contributed by atoms with van der Waals surface area (Å²) in [6.07, 6.45) is 0. The Morgan fingerprint density at radius 1 is 1.50 bits per heavy atom. The molecule has 0 heterocycles. The molecule has 0 aromatic heterocycles. The zero-order valence-corrected chi connectivity index (χ0v) is 11.1. The van der Waals surface area contributed by atoms with Gasteiger partial charge < -0.3 is 9.84 Å². The van der Waals surface area contributed by atoms with Gasteiger partial charge in [-0.3, -0.25) is 0 Å².